The summed E-state index contributed by atoms with van der Waals surface area (Å²) in [5.41, 5.74) is 1.74. The molecule has 0 heterocycles. The molecule has 2 aromatic rings. The maximum absolute atomic E-state index is 13.2. The van der Waals surface area contributed by atoms with Gasteiger partial charge in [-0.3, -0.25) is 9.59 Å². The van der Waals surface area contributed by atoms with Gasteiger partial charge in [-0.15, -0.1) is 0 Å². The van der Waals surface area contributed by atoms with Crippen LogP contribution in [0.2, 0.25) is 10.0 Å². The van der Waals surface area contributed by atoms with Crippen molar-refractivity contribution in [1.82, 2.24) is 10.2 Å². The van der Waals surface area contributed by atoms with Gasteiger partial charge in [0.15, 0.2) is 6.61 Å². The molecule has 0 bridgehead atoms. The van der Waals surface area contributed by atoms with Crippen molar-refractivity contribution in [1.29, 1.82) is 0 Å². The second kappa shape index (κ2) is 12.5. The second-order valence-corrected chi connectivity index (χ2v) is 9.61. The van der Waals surface area contributed by atoms with E-state index < -0.39 is 6.04 Å². The Morgan fingerprint density at radius 2 is 1.78 bits per heavy atom. The van der Waals surface area contributed by atoms with Gasteiger partial charge < -0.3 is 15.0 Å². The lowest BCUT2D eigenvalue weighted by Gasteiger charge is -2.29. The summed E-state index contributed by atoms with van der Waals surface area (Å²) >= 11 is 16.1. The molecule has 1 atom stereocenters. The normalized spacial score (nSPS) is 11.9. The highest BCUT2D eigenvalue weighted by Crippen LogP contribution is 2.28. The predicted molar refractivity (Wildman–Crippen MR) is 133 cm³/mol. The van der Waals surface area contributed by atoms with E-state index in [4.69, 9.17) is 27.9 Å². The predicted octanol–water partition coefficient (Wildman–Crippen LogP) is 5.89. The Kier molecular flexibility index (Phi) is 10.3. The first-order valence-electron chi connectivity index (χ1n) is 10.5. The average molecular weight is 544 g/mol. The molecule has 0 saturated heterocycles. The van der Waals surface area contributed by atoms with Gasteiger partial charge in [0, 0.05) is 28.7 Å². The Hall–Kier alpha value is -1.76. The number of halogens is 3. The summed E-state index contributed by atoms with van der Waals surface area (Å²) in [6, 6.07) is 10.2. The zero-order chi connectivity index (χ0) is 23.8. The van der Waals surface area contributed by atoms with Crippen LogP contribution in [0.15, 0.2) is 40.9 Å². The number of hydrogen-bond acceptors (Lipinski definition) is 3. The fourth-order valence-corrected chi connectivity index (χ4v) is 4.05. The van der Waals surface area contributed by atoms with Crippen LogP contribution in [0.3, 0.4) is 0 Å². The minimum Gasteiger partial charge on any atom is -0.483 e. The minimum absolute atomic E-state index is 0.0902. The maximum Gasteiger partial charge on any atom is 0.261 e. The number of aryl methyl sites for hydroxylation is 1. The fourth-order valence-electron chi connectivity index (χ4n) is 2.99. The monoisotopic (exact) mass is 542 g/mol. The molecule has 0 aliphatic carbocycles. The molecular weight excluding hydrogens is 515 g/mol. The summed E-state index contributed by atoms with van der Waals surface area (Å²) in [5, 5.41) is 3.75. The Balaban J connectivity index is 2.22. The molecule has 0 unspecified atom stereocenters. The van der Waals surface area contributed by atoms with Gasteiger partial charge in [0.05, 0.1) is 4.47 Å². The van der Waals surface area contributed by atoms with Crippen molar-refractivity contribution in [2.24, 2.45) is 5.92 Å². The number of carbonyl (C=O) groups excluding carboxylic acids is 2. The molecular formula is C24H29BrCl2N2O3. The topological polar surface area (TPSA) is 58.6 Å². The van der Waals surface area contributed by atoms with Crippen molar-refractivity contribution in [2.75, 3.05) is 13.2 Å². The summed E-state index contributed by atoms with van der Waals surface area (Å²) in [6.07, 6.45) is 0.896. The van der Waals surface area contributed by atoms with Crippen LogP contribution in [-0.4, -0.2) is 35.9 Å². The summed E-state index contributed by atoms with van der Waals surface area (Å²) in [5.74, 6) is 0.256. The molecule has 0 aliphatic heterocycles. The first kappa shape index (κ1) is 26.5. The van der Waals surface area contributed by atoms with Crippen LogP contribution in [0.5, 0.6) is 5.75 Å². The molecule has 2 rings (SSSR count). The van der Waals surface area contributed by atoms with Crippen molar-refractivity contribution < 1.29 is 14.3 Å². The highest BCUT2D eigenvalue weighted by Gasteiger charge is 2.28. The molecule has 1 N–H and O–H groups in total. The van der Waals surface area contributed by atoms with E-state index in [-0.39, 0.29) is 25.0 Å². The van der Waals surface area contributed by atoms with E-state index in [1.807, 2.05) is 32.0 Å². The Labute approximate surface area is 208 Å². The van der Waals surface area contributed by atoms with Gasteiger partial charge >= 0.3 is 0 Å². The third-order valence-electron chi connectivity index (χ3n) is 5.00. The first-order chi connectivity index (χ1) is 15.1. The molecule has 174 valence electrons. The second-order valence-electron chi connectivity index (χ2n) is 7.94. The van der Waals surface area contributed by atoms with Crippen molar-refractivity contribution in [3.05, 3.63) is 62.0 Å². The van der Waals surface area contributed by atoms with Gasteiger partial charge in [0.2, 0.25) is 5.91 Å². The molecule has 5 nitrogen and oxygen atoms in total. The van der Waals surface area contributed by atoms with E-state index in [1.54, 1.807) is 25.1 Å². The molecule has 2 amide bonds. The fraction of sp³-hybridized carbons (Fsp3) is 0.417. The Bertz CT molecular complexity index is 933. The number of ether oxygens (including phenoxy) is 1. The third-order valence-corrected chi connectivity index (χ3v) is 6.33. The Morgan fingerprint density at radius 1 is 1.12 bits per heavy atom. The van der Waals surface area contributed by atoms with Crippen LogP contribution in [0, 0.1) is 5.92 Å². The van der Waals surface area contributed by atoms with E-state index in [2.05, 4.69) is 28.2 Å². The molecule has 0 radical (unpaired) electrons. The molecule has 0 aromatic heterocycles. The molecule has 2 aromatic carbocycles. The average Bonchev–Trinajstić information content (AvgIpc) is 2.75. The summed E-state index contributed by atoms with van der Waals surface area (Å²) in [4.78, 5) is 27.4. The zero-order valence-corrected chi connectivity index (χ0v) is 21.9. The van der Waals surface area contributed by atoms with Crippen molar-refractivity contribution in [3.63, 3.8) is 0 Å². The maximum atomic E-state index is 13.2. The summed E-state index contributed by atoms with van der Waals surface area (Å²) in [7, 11) is 0. The lowest BCUT2D eigenvalue weighted by molar-refractivity contribution is -0.142. The first-order valence-corrected chi connectivity index (χ1v) is 12.1. The largest absolute Gasteiger partial charge is 0.483 e. The van der Waals surface area contributed by atoms with Crippen LogP contribution < -0.4 is 10.1 Å². The van der Waals surface area contributed by atoms with Crippen LogP contribution in [-0.2, 0) is 22.6 Å². The number of rotatable bonds is 10. The number of carbonyl (C=O) groups is 2. The van der Waals surface area contributed by atoms with Crippen molar-refractivity contribution in [2.45, 2.75) is 46.7 Å². The summed E-state index contributed by atoms with van der Waals surface area (Å²) in [6.45, 7) is 8.14. The lowest BCUT2D eigenvalue weighted by Crippen LogP contribution is -2.49. The van der Waals surface area contributed by atoms with E-state index in [0.717, 1.165) is 16.5 Å². The minimum atomic E-state index is -0.733. The molecule has 0 aliphatic rings. The number of nitrogens with zero attached hydrogens (tertiary/aromatic N) is 1. The number of benzene rings is 2. The SMILES string of the molecule is CCc1ccc(OCC(=O)N(Cc2c(Cl)cccc2Cl)[C@@H](C)C(=O)NCC(C)C)c(Br)c1. The number of nitrogens with one attached hydrogen (secondary N) is 1. The number of amides is 2. The quantitative estimate of drug-likeness (QED) is 0.406. The van der Waals surface area contributed by atoms with Crippen molar-refractivity contribution in [3.8, 4) is 5.75 Å². The number of hydrogen-bond donors (Lipinski definition) is 1. The molecule has 0 fully saturated rings. The van der Waals surface area contributed by atoms with Gasteiger partial charge in [-0.05, 0) is 65.0 Å². The standard InChI is InChI=1S/C24H29BrCl2N2O3/c1-5-17-9-10-22(19(25)11-17)32-14-23(30)29(16(4)24(31)28-12-15(2)3)13-18-20(26)7-6-8-21(18)27/h6-11,15-16H,5,12-14H2,1-4H3,(H,28,31)/t16-/m0/s1. The van der Waals surface area contributed by atoms with Gasteiger partial charge in [-0.1, -0.05) is 56.1 Å². The van der Waals surface area contributed by atoms with Gasteiger partial charge in [-0.2, -0.15) is 0 Å². The van der Waals surface area contributed by atoms with Crippen LogP contribution in [0.1, 0.15) is 38.8 Å². The van der Waals surface area contributed by atoms with E-state index in [9.17, 15) is 9.59 Å². The van der Waals surface area contributed by atoms with E-state index in [0.29, 0.717) is 33.8 Å². The van der Waals surface area contributed by atoms with Gasteiger partial charge in [0.1, 0.15) is 11.8 Å². The van der Waals surface area contributed by atoms with Crippen LogP contribution >= 0.6 is 39.1 Å². The smallest absolute Gasteiger partial charge is 0.261 e. The lowest BCUT2D eigenvalue weighted by atomic mass is 10.1. The van der Waals surface area contributed by atoms with Gasteiger partial charge in [0.25, 0.3) is 5.91 Å². The third kappa shape index (κ3) is 7.39. The van der Waals surface area contributed by atoms with E-state index in [1.165, 1.54) is 4.90 Å². The van der Waals surface area contributed by atoms with E-state index >= 15 is 0 Å². The highest BCUT2D eigenvalue weighted by molar-refractivity contribution is 9.10. The highest BCUT2D eigenvalue weighted by atomic mass is 79.9. The molecule has 0 saturated carbocycles. The van der Waals surface area contributed by atoms with Gasteiger partial charge in [-0.25, -0.2) is 0 Å². The Morgan fingerprint density at radius 3 is 2.34 bits per heavy atom. The summed E-state index contributed by atoms with van der Waals surface area (Å²) < 4.78 is 6.54. The van der Waals surface area contributed by atoms with Crippen LogP contribution in [0.25, 0.3) is 0 Å². The van der Waals surface area contributed by atoms with Crippen molar-refractivity contribution >= 4 is 50.9 Å². The molecule has 32 heavy (non-hydrogen) atoms. The molecule has 8 heteroatoms. The molecule has 0 spiro atoms. The zero-order valence-electron chi connectivity index (χ0n) is 18.8. The van der Waals surface area contributed by atoms with Crippen LogP contribution in [0.4, 0.5) is 0 Å².